The molecule has 0 bridgehead atoms. The van der Waals surface area contributed by atoms with Crippen LogP contribution in [0.25, 0.3) is 0 Å². The number of carbonyl (C=O) groups is 1. The van der Waals surface area contributed by atoms with Crippen LogP contribution in [0.1, 0.15) is 22.3 Å². The molecule has 0 aliphatic carbocycles. The lowest BCUT2D eigenvalue weighted by atomic mass is 9.96. The van der Waals surface area contributed by atoms with Crippen LogP contribution in [-0.4, -0.2) is 37.9 Å². The topological polar surface area (TPSA) is 116 Å². The van der Waals surface area contributed by atoms with Crippen molar-refractivity contribution in [2.24, 2.45) is 5.10 Å². The van der Waals surface area contributed by atoms with E-state index in [4.69, 9.17) is 0 Å². The number of carbonyl (C=O) groups excluding carboxylic acids is 1. The molecule has 1 aliphatic rings. The molecule has 0 spiro atoms. The standard InChI is InChI=1S/C17H12F3N3O5/c18-17(19,20)14-9-16(26,10-5-7-11(8-6-10)23(27)28)22(21-14)15(25)12-3-1-2-4-13(12)24/h1-8,24,26H,9H2/t16-/m1/s1. The number of hydrogen-bond donors (Lipinski definition) is 2. The molecule has 8 nitrogen and oxygen atoms in total. The maximum Gasteiger partial charge on any atom is 0.431 e. The quantitative estimate of drug-likeness (QED) is 0.612. The molecule has 1 heterocycles. The molecule has 0 saturated heterocycles. The number of nitro benzene ring substituents is 1. The number of nitro groups is 1. The van der Waals surface area contributed by atoms with Gasteiger partial charge in [0.25, 0.3) is 11.6 Å². The van der Waals surface area contributed by atoms with Gasteiger partial charge in [-0.05, 0) is 24.3 Å². The van der Waals surface area contributed by atoms with E-state index in [9.17, 15) is 38.3 Å². The number of aromatic hydroxyl groups is 1. The molecule has 146 valence electrons. The second kappa shape index (κ2) is 6.60. The first-order valence-corrected chi connectivity index (χ1v) is 7.78. The Morgan fingerprint density at radius 2 is 1.79 bits per heavy atom. The molecule has 2 aromatic carbocycles. The van der Waals surface area contributed by atoms with E-state index in [0.29, 0.717) is 0 Å². The van der Waals surface area contributed by atoms with E-state index in [-0.39, 0.29) is 21.8 Å². The number of rotatable bonds is 3. The zero-order valence-corrected chi connectivity index (χ0v) is 13.9. The van der Waals surface area contributed by atoms with Gasteiger partial charge in [-0.1, -0.05) is 12.1 Å². The molecule has 0 fully saturated rings. The lowest BCUT2D eigenvalue weighted by molar-refractivity contribution is -0.384. The van der Waals surface area contributed by atoms with Gasteiger partial charge < -0.3 is 10.2 Å². The maximum absolute atomic E-state index is 13.2. The fourth-order valence-electron chi connectivity index (χ4n) is 2.76. The van der Waals surface area contributed by atoms with Crippen molar-refractivity contribution in [2.75, 3.05) is 0 Å². The molecule has 2 N–H and O–H groups in total. The highest BCUT2D eigenvalue weighted by atomic mass is 19.4. The summed E-state index contributed by atoms with van der Waals surface area (Å²) in [4.78, 5) is 22.8. The van der Waals surface area contributed by atoms with Crippen molar-refractivity contribution in [3.63, 3.8) is 0 Å². The Kier molecular flexibility index (Phi) is 4.55. The number of halogens is 3. The summed E-state index contributed by atoms with van der Waals surface area (Å²) < 4.78 is 39.6. The Balaban J connectivity index is 2.09. The highest BCUT2D eigenvalue weighted by molar-refractivity contribution is 6.01. The minimum Gasteiger partial charge on any atom is -0.507 e. The number of alkyl halides is 3. The van der Waals surface area contributed by atoms with E-state index in [1.54, 1.807) is 0 Å². The monoisotopic (exact) mass is 395 g/mol. The van der Waals surface area contributed by atoms with E-state index in [0.717, 1.165) is 36.4 Å². The number of phenols is 1. The number of non-ortho nitro benzene ring substituents is 1. The Labute approximate surface area is 155 Å². The number of phenolic OH excluding ortho intramolecular Hbond substituents is 1. The number of nitrogens with zero attached hydrogens (tertiary/aromatic N) is 3. The molecule has 0 saturated carbocycles. The smallest absolute Gasteiger partial charge is 0.431 e. The Bertz CT molecular complexity index is 975. The van der Waals surface area contributed by atoms with Crippen molar-refractivity contribution in [1.29, 1.82) is 0 Å². The van der Waals surface area contributed by atoms with Crippen LogP contribution in [0.15, 0.2) is 53.6 Å². The van der Waals surface area contributed by atoms with Crippen LogP contribution in [0.4, 0.5) is 18.9 Å². The molecule has 1 aliphatic heterocycles. The van der Waals surface area contributed by atoms with Crippen LogP contribution in [-0.2, 0) is 5.72 Å². The van der Waals surface area contributed by atoms with Crippen LogP contribution in [0, 0.1) is 10.1 Å². The van der Waals surface area contributed by atoms with Gasteiger partial charge in [0, 0.05) is 17.7 Å². The highest BCUT2D eigenvalue weighted by Crippen LogP contribution is 2.41. The third-order valence-electron chi connectivity index (χ3n) is 4.18. The Morgan fingerprint density at radius 1 is 1.18 bits per heavy atom. The molecular formula is C17H12F3N3O5. The first-order valence-electron chi connectivity index (χ1n) is 7.78. The molecule has 28 heavy (non-hydrogen) atoms. The van der Waals surface area contributed by atoms with Gasteiger partial charge in [0.05, 0.1) is 16.9 Å². The summed E-state index contributed by atoms with van der Waals surface area (Å²) in [5.74, 6) is -1.67. The van der Waals surface area contributed by atoms with Gasteiger partial charge in [-0.25, -0.2) is 0 Å². The zero-order valence-electron chi connectivity index (χ0n) is 13.9. The van der Waals surface area contributed by atoms with Crippen molar-refractivity contribution >= 4 is 17.3 Å². The molecule has 0 aromatic heterocycles. The number of hydrogen-bond acceptors (Lipinski definition) is 6. The van der Waals surface area contributed by atoms with E-state index < -0.39 is 40.6 Å². The van der Waals surface area contributed by atoms with Crippen LogP contribution in [0.2, 0.25) is 0 Å². The lowest BCUT2D eigenvalue weighted by Gasteiger charge is -2.31. The fourth-order valence-corrected chi connectivity index (χ4v) is 2.76. The number of para-hydroxylation sites is 1. The summed E-state index contributed by atoms with van der Waals surface area (Å²) in [6.07, 6.45) is -5.99. The molecule has 0 radical (unpaired) electrons. The van der Waals surface area contributed by atoms with Crippen molar-refractivity contribution in [2.45, 2.75) is 18.3 Å². The van der Waals surface area contributed by atoms with E-state index in [1.807, 2.05) is 0 Å². The number of hydrazone groups is 1. The first kappa shape index (κ1) is 19.3. The largest absolute Gasteiger partial charge is 0.507 e. The molecule has 11 heteroatoms. The van der Waals surface area contributed by atoms with Crippen LogP contribution in [0.3, 0.4) is 0 Å². The van der Waals surface area contributed by atoms with Crippen molar-refractivity contribution in [3.05, 3.63) is 69.8 Å². The van der Waals surface area contributed by atoms with Crippen molar-refractivity contribution in [3.8, 4) is 5.75 Å². The summed E-state index contributed by atoms with van der Waals surface area (Å²) in [6, 6.07) is 9.16. The van der Waals surface area contributed by atoms with Crippen molar-refractivity contribution < 1.29 is 33.1 Å². The van der Waals surface area contributed by atoms with Gasteiger partial charge in [-0.3, -0.25) is 14.9 Å². The SMILES string of the molecule is O=C(c1ccccc1O)N1N=C(C(F)(F)F)C[C@@]1(O)c1ccc([N+](=O)[O-])cc1. The molecule has 3 rings (SSSR count). The fraction of sp³-hybridized carbons (Fsp3) is 0.176. The molecule has 1 amide bonds. The number of aliphatic hydroxyl groups is 1. The van der Waals surface area contributed by atoms with Crippen LogP contribution >= 0.6 is 0 Å². The van der Waals surface area contributed by atoms with Crippen LogP contribution < -0.4 is 0 Å². The van der Waals surface area contributed by atoms with Crippen molar-refractivity contribution in [1.82, 2.24) is 5.01 Å². The second-order valence-corrected chi connectivity index (χ2v) is 5.98. The number of benzene rings is 2. The van der Waals surface area contributed by atoms with Gasteiger partial charge in [-0.15, -0.1) is 0 Å². The maximum atomic E-state index is 13.2. The summed E-state index contributed by atoms with van der Waals surface area (Å²) in [5, 5.41) is 35.0. The van der Waals surface area contributed by atoms with E-state index in [1.165, 1.54) is 12.1 Å². The minimum absolute atomic E-state index is 0.204. The molecule has 0 unspecified atom stereocenters. The Morgan fingerprint density at radius 3 is 2.32 bits per heavy atom. The normalized spacial score (nSPS) is 19.4. The second-order valence-electron chi connectivity index (χ2n) is 5.98. The summed E-state index contributed by atoms with van der Waals surface area (Å²) >= 11 is 0. The third-order valence-corrected chi connectivity index (χ3v) is 4.18. The first-order chi connectivity index (χ1) is 13.0. The predicted octanol–water partition coefficient (Wildman–Crippen LogP) is 2.91. The van der Waals surface area contributed by atoms with Gasteiger partial charge in [-0.2, -0.15) is 23.3 Å². The average Bonchev–Trinajstić information content (AvgIpc) is 3.01. The van der Waals surface area contributed by atoms with Gasteiger partial charge in [0.15, 0.2) is 5.72 Å². The molecular weight excluding hydrogens is 383 g/mol. The third kappa shape index (κ3) is 3.27. The lowest BCUT2D eigenvalue weighted by Crippen LogP contribution is -2.43. The van der Waals surface area contributed by atoms with Gasteiger partial charge in [0.1, 0.15) is 11.5 Å². The predicted molar refractivity (Wildman–Crippen MR) is 89.4 cm³/mol. The summed E-state index contributed by atoms with van der Waals surface area (Å²) in [6.45, 7) is 0. The van der Waals surface area contributed by atoms with Gasteiger partial charge >= 0.3 is 6.18 Å². The minimum atomic E-state index is -4.91. The summed E-state index contributed by atoms with van der Waals surface area (Å²) in [5.41, 5.74) is -4.86. The molecule has 1 atom stereocenters. The Hall–Kier alpha value is -3.47. The summed E-state index contributed by atoms with van der Waals surface area (Å²) in [7, 11) is 0. The van der Waals surface area contributed by atoms with Crippen LogP contribution in [0.5, 0.6) is 5.75 Å². The van der Waals surface area contributed by atoms with E-state index >= 15 is 0 Å². The molecule has 2 aromatic rings. The van der Waals surface area contributed by atoms with Gasteiger partial charge in [0.2, 0.25) is 0 Å². The zero-order chi connectivity index (χ0) is 20.7. The average molecular weight is 395 g/mol. The number of amides is 1. The highest BCUT2D eigenvalue weighted by Gasteiger charge is 2.53. The van der Waals surface area contributed by atoms with E-state index in [2.05, 4.69) is 5.10 Å².